The summed E-state index contributed by atoms with van der Waals surface area (Å²) in [6, 6.07) is 1.63. The Balaban J connectivity index is 3.15. The Morgan fingerprint density at radius 1 is 1.53 bits per heavy atom. The molecule has 0 radical (unpaired) electrons. The molecular formula is C10H12ClNO3. The summed E-state index contributed by atoms with van der Waals surface area (Å²) in [5.74, 6) is -0.148. The Kier molecular flexibility index (Phi) is 3.42. The number of carbonyl (C=O) groups is 1. The molecule has 1 aromatic carbocycles. The van der Waals surface area contributed by atoms with E-state index in [1.165, 1.54) is 7.11 Å². The van der Waals surface area contributed by atoms with Gasteiger partial charge in [-0.1, -0.05) is 11.6 Å². The summed E-state index contributed by atoms with van der Waals surface area (Å²) in [7, 11) is 1.25. The number of halogens is 1. The molecule has 0 aliphatic heterocycles. The molecule has 5 heteroatoms. The van der Waals surface area contributed by atoms with Crippen LogP contribution in [0.1, 0.15) is 11.1 Å². The van der Waals surface area contributed by atoms with Gasteiger partial charge in [-0.2, -0.15) is 0 Å². The first-order valence-electron chi connectivity index (χ1n) is 4.31. The average molecular weight is 230 g/mol. The average Bonchev–Trinajstić information content (AvgIpc) is 2.22. The summed E-state index contributed by atoms with van der Waals surface area (Å²) in [6.45, 7) is 3.63. The van der Waals surface area contributed by atoms with Gasteiger partial charge in [0.2, 0.25) is 0 Å². The van der Waals surface area contributed by atoms with Crippen LogP contribution in [0.4, 0.5) is 10.5 Å². The summed E-state index contributed by atoms with van der Waals surface area (Å²) in [5.41, 5.74) is 1.91. The largest absolute Gasteiger partial charge is 0.504 e. The van der Waals surface area contributed by atoms with Crippen molar-refractivity contribution in [2.75, 3.05) is 12.4 Å². The van der Waals surface area contributed by atoms with Crippen LogP contribution in [0.15, 0.2) is 6.07 Å². The van der Waals surface area contributed by atoms with Crippen LogP contribution in [0.2, 0.25) is 5.02 Å². The second kappa shape index (κ2) is 4.40. The van der Waals surface area contributed by atoms with Gasteiger partial charge in [0.25, 0.3) is 0 Å². The van der Waals surface area contributed by atoms with Gasteiger partial charge in [0.1, 0.15) is 0 Å². The minimum Gasteiger partial charge on any atom is -0.504 e. The number of nitrogens with one attached hydrogen (secondary N) is 1. The number of aromatic hydroxyl groups is 1. The highest BCUT2D eigenvalue weighted by Gasteiger charge is 2.13. The third-order valence-electron chi connectivity index (χ3n) is 2.17. The van der Waals surface area contributed by atoms with E-state index in [4.69, 9.17) is 11.6 Å². The molecule has 1 amide bonds. The van der Waals surface area contributed by atoms with E-state index in [1.807, 2.05) is 6.92 Å². The highest BCUT2D eigenvalue weighted by molar-refractivity contribution is 6.33. The number of ether oxygens (including phenoxy) is 1. The zero-order chi connectivity index (χ0) is 11.6. The van der Waals surface area contributed by atoms with Gasteiger partial charge in [0, 0.05) is 0 Å². The molecule has 0 atom stereocenters. The monoisotopic (exact) mass is 229 g/mol. The molecule has 0 spiro atoms. The van der Waals surface area contributed by atoms with Gasteiger partial charge >= 0.3 is 6.09 Å². The number of phenols is 1. The normalized spacial score (nSPS) is 9.87. The van der Waals surface area contributed by atoms with Crippen molar-refractivity contribution in [2.45, 2.75) is 13.8 Å². The predicted octanol–water partition coefficient (Wildman–Crippen LogP) is 2.84. The number of carbonyl (C=O) groups excluding carboxylic acids is 1. The number of aryl methyl sites for hydroxylation is 1. The molecule has 0 bridgehead atoms. The van der Waals surface area contributed by atoms with Crippen LogP contribution in [-0.2, 0) is 4.74 Å². The van der Waals surface area contributed by atoms with Crippen LogP contribution in [0.3, 0.4) is 0 Å². The van der Waals surface area contributed by atoms with E-state index >= 15 is 0 Å². The van der Waals surface area contributed by atoms with Crippen molar-refractivity contribution in [2.24, 2.45) is 0 Å². The Bertz CT molecular complexity index is 404. The van der Waals surface area contributed by atoms with Crippen molar-refractivity contribution in [1.29, 1.82) is 0 Å². The van der Waals surface area contributed by atoms with Crippen LogP contribution < -0.4 is 5.32 Å². The van der Waals surface area contributed by atoms with Crippen LogP contribution in [0.5, 0.6) is 5.75 Å². The molecule has 0 fully saturated rings. The fourth-order valence-corrected chi connectivity index (χ4v) is 1.37. The SMILES string of the molecule is COC(=O)Nc1cc(C)c(C)c(Cl)c1O. The first kappa shape index (κ1) is 11.7. The molecule has 1 rings (SSSR count). The van der Waals surface area contributed by atoms with E-state index < -0.39 is 6.09 Å². The van der Waals surface area contributed by atoms with E-state index in [1.54, 1.807) is 13.0 Å². The molecule has 15 heavy (non-hydrogen) atoms. The van der Waals surface area contributed by atoms with Crippen molar-refractivity contribution >= 4 is 23.4 Å². The first-order chi connectivity index (χ1) is 6.97. The fraction of sp³-hybridized carbons (Fsp3) is 0.300. The number of anilines is 1. The quantitative estimate of drug-likeness (QED) is 0.728. The molecule has 0 unspecified atom stereocenters. The summed E-state index contributed by atoms with van der Waals surface area (Å²) in [6.07, 6.45) is -0.649. The van der Waals surface area contributed by atoms with Crippen LogP contribution in [0.25, 0.3) is 0 Å². The van der Waals surface area contributed by atoms with E-state index in [9.17, 15) is 9.90 Å². The maximum Gasteiger partial charge on any atom is 0.411 e. The summed E-state index contributed by atoms with van der Waals surface area (Å²) in [5, 5.41) is 12.3. The van der Waals surface area contributed by atoms with Gasteiger partial charge in [-0.25, -0.2) is 4.79 Å². The number of amides is 1. The number of rotatable bonds is 1. The Morgan fingerprint density at radius 2 is 2.13 bits per heavy atom. The third kappa shape index (κ3) is 2.33. The smallest absolute Gasteiger partial charge is 0.411 e. The van der Waals surface area contributed by atoms with Crippen molar-refractivity contribution in [3.63, 3.8) is 0 Å². The summed E-state index contributed by atoms with van der Waals surface area (Å²) < 4.78 is 4.41. The fourth-order valence-electron chi connectivity index (χ4n) is 1.12. The molecule has 82 valence electrons. The maximum absolute atomic E-state index is 11.0. The van der Waals surface area contributed by atoms with Gasteiger partial charge < -0.3 is 9.84 Å². The highest BCUT2D eigenvalue weighted by Crippen LogP contribution is 2.36. The van der Waals surface area contributed by atoms with Crippen LogP contribution in [0, 0.1) is 13.8 Å². The molecule has 0 saturated heterocycles. The van der Waals surface area contributed by atoms with Crippen molar-refractivity contribution in [3.05, 3.63) is 22.2 Å². The van der Waals surface area contributed by atoms with E-state index in [0.717, 1.165) is 11.1 Å². The van der Waals surface area contributed by atoms with E-state index in [2.05, 4.69) is 10.1 Å². The zero-order valence-electron chi connectivity index (χ0n) is 8.72. The van der Waals surface area contributed by atoms with Crippen molar-refractivity contribution in [1.82, 2.24) is 0 Å². The number of phenolic OH excluding ortho intramolecular Hbond substituents is 1. The lowest BCUT2D eigenvalue weighted by molar-refractivity contribution is 0.187. The predicted molar refractivity (Wildman–Crippen MR) is 58.6 cm³/mol. The lowest BCUT2D eigenvalue weighted by atomic mass is 10.1. The van der Waals surface area contributed by atoms with Gasteiger partial charge in [-0.15, -0.1) is 0 Å². The van der Waals surface area contributed by atoms with Gasteiger partial charge in [-0.3, -0.25) is 5.32 Å². The van der Waals surface area contributed by atoms with E-state index in [0.29, 0.717) is 0 Å². The Hall–Kier alpha value is -1.42. The van der Waals surface area contributed by atoms with Gasteiger partial charge in [-0.05, 0) is 31.0 Å². The molecular weight excluding hydrogens is 218 g/mol. The first-order valence-corrected chi connectivity index (χ1v) is 4.68. The van der Waals surface area contributed by atoms with Crippen molar-refractivity contribution in [3.8, 4) is 5.75 Å². The van der Waals surface area contributed by atoms with E-state index in [-0.39, 0.29) is 16.5 Å². The van der Waals surface area contributed by atoms with Gasteiger partial charge in [0.15, 0.2) is 5.75 Å². The lowest BCUT2D eigenvalue weighted by Gasteiger charge is -2.11. The summed E-state index contributed by atoms with van der Waals surface area (Å²) in [4.78, 5) is 11.0. The Labute approximate surface area is 92.8 Å². The summed E-state index contributed by atoms with van der Waals surface area (Å²) >= 11 is 5.87. The van der Waals surface area contributed by atoms with Gasteiger partial charge in [0.05, 0.1) is 17.8 Å². The standard InChI is InChI=1S/C10H12ClNO3/c1-5-4-7(12-10(14)15-3)9(13)8(11)6(5)2/h4,13H,1-3H3,(H,12,14). The number of hydrogen-bond acceptors (Lipinski definition) is 3. The highest BCUT2D eigenvalue weighted by atomic mass is 35.5. The third-order valence-corrected chi connectivity index (χ3v) is 2.63. The minimum atomic E-state index is -0.649. The number of hydrogen-bond donors (Lipinski definition) is 2. The molecule has 0 heterocycles. The molecule has 0 aliphatic rings. The minimum absolute atomic E-state index is 0.148. The second-order valence-corrected chi connectivity index (χ2v) is 3.52. The molecule has 0 aromatic heterocycles. The maximum atomic E-state index is 11.0. The molecule has 2 N–H and O–H groups in total. The van der Waals surface area contributed by atoms with Crippen LogP contribution in [-0.4, -0.2) is 18.3 Å². The van der Waals surface area contributed by atoms with Crippen LogP contribution >= 0.6 is 11.6 Å². The lowest BCUT2D eigenvalue weighted by Crippen LogP contribution is -2.11. The van der Waals surface area contributed by atoms with Crippen molar-refractivity contribution < 1.29 is 14.6 Å². The molecule has 0 aliphatic carbocycles. The molecule has 1 aromatic rings. The Morgan fingerprint density at radius 3 is 2.67 bits per heavy atom. The molecule has 4 nitrogen and oxygen atoms in total. The second-order valence-electron chi connectivity index (χ2n) is 3.15. The number of benzene rings is 1. The zero-order valence-corrected chi connectivity index (χ0v) is 9.47. The molecule has 0 saturated carbocycles. The number of methoxy groups -OCH3 is 1. The topological polar surface area (TPSA) is 58.6 Å².